The molecule has 0 saturated carbocycles. The predicted molar refractivity (Wildman–Crippen MR) is 86.1 cm³/mol. The van der Waals surface area contributed by atoms with Gasteiger partial charge in [-0.1, -0.05) is 0 Å². The third-order valence-corrected chi connectivity index (χ3v) is 2.53. The summed E-state index contributed by atoms with van der Waals surface area (Å²) < 4.78 is 31.7. The Kier molecular flexibility index (Phi) is 21.1. The Morgan fingerprint density at radius 2 is 0.917 bits per heavy atom. The van der Waals surface area contributed by atoms with Crippen molar-refractivity contribution in [3.8, 4) is 0 Å². The van der Waals surface area contributed by atoms with Crippen LogP contribution in [0.25, 0.3) is 0 Å². The van der Waals surface area contributed by atoms with Gasteiger partial charge in [-0.3, -0.25) is 0 Å². The molecule has 0 amide bonds. The third kappa shape index (κ3) is 21.0. The van der Waals surface area contributed by atoms with Gasteiger partial charge in [0, 0.05) is 6.54 Å². The number of rotatable bonds is 20. The Morgan fingerprint density at radius 1 is 0.583 bits per heavy atom. The Balaban J connectivity index is 2.96. The summed E-state index contributed by atoms with van der Waals surface area (Å²) >= 11 is 0. The van der Waals surface area contributed by atoms with Crippen LogP contribution in [0.1, 0.15) is 0 Å². The summed E-state index contributed by atoms with van der Waals surface area (Å²) in [5.41, 5.74) is 11.7. The number of nitrogens with one attached hydrogen (secondary N) is 1. The molecule has 0 aromatic carbocycles. The second-order valence-electron chi connectivity index (χ2n) is 4.43. The van der Waals surface area contributed by atoms with Crippen LogP contribution in [0.15, 0.2) is 5.11 Å². The van der Waals surface area contributed by atoms with Crippen LogP contribution in [0, 0.1) is 5.53 Å². The van der Waals surface area contributed by atoms with E-state index in [1.165, 1.54) is 0 Å². The van der Waals surface area contributed by atoms with Crippen molar-refractivity contribution in [1.82, 2.24) is 4.91 Å². The zero-order chi connectivity index (χ0) is 17.6. The van der Waals surface area contributed by atoms with Crippen molar-refractivity contribution in [2.45, 2.75) is 0 Å². The van der Waals surface area contributed by atoms with Gasteiger partial charge in [-0.15, -0.1) is 0 Å². The maximum absolute atomic E-state index is 6.45. The van der Waals surface area contributed by atoms with E-state index in [4.69, 9.17) is 39.7 Å². The first kappa shape index (κ1) is 23.0. The van der Waals surface area contributed by atoms with Crippen molar-refractivity contribution in [3.05, 3.63) is 0 Å². The van der Waals surface area contributed by atoms with Crippen molar-refractivity contribution in [2.75, 3.05) is 92.4 Å². The smallest absolute Gasteiger partial charge is 0.214 e. The van der Waals surface area contributed by atoms with Crippen LogP contribution in [-0.4, -0.2) is 92.4 Å². The highest BCUT2D eigenvalue weighted by molar-refractivity contribution is 4.38. The summed E-state index contributed by atoms with van der Waals surface area (Å²) in [5, 5.41) is 3.46. The van der Waals surface area contributed by atoms with E-state index in [0.717, 1.165) is 0 Å². The van der Waals surface area contributed by atoms with E-state index in [1.807, 2.05) is 0 Å². The SMILES string of the molecule is N=[N+]=NCCOCCOCCOCCOCCOCCOCCN. The molecule has 0 aliphatic rings. The highest BCUT2D eigenvalue weighted by atomic mass is 16.6. The molecule has 24 heavy (non-hydrogen) atoms. The molecule has 0 saturated heterocycles. The molecule has 0 fully saturated rings. The number of hydrogen-bond acceptors (Lipinski definition) is 9. The van der Waals surface area contributed by atoms with Gasteiger partial charge in [-0.25, -0.2) is 0 Å². The van der Waals surface area contributed by atoms with Crippen molar-refractivity contribution in [1.29, 1.82) is 5.53 Å². The Morgan fingerprint density at radius 3 is 1.25 bits per heavy atom. The van der Waals surface area contributed by atoms with Crippen LogP contribution in [0.5, 0.6) is 0 Å². The second kappa shape index (κ2) is 22.0. The molecule has 0 aromatic heterocycles. The van der Waals surface area contributed by atoms with E-state index in [1.54, 1.807) is 0 Å². The van der Waals surface area contributed by atoms with Gasteiger partial charge in [-0.05, 0) is 0 Å². The fourth-order valence-corrected chi connectivity index (χ4v) is 1.44. The third-order valence-electron chi connectivity index (χ3n) is 2.53. The number of ether oxygens (including phenoxy) is 6. The molecule has 142 valence electrons. The van der Waals surface area contributed by atoms with E-state index in [-0.39, 0.29) is 0 Å². The molecule has 0 heterocycles. The summed E-state index contributed by atoms with van der Waals surface area (Å²) in [6, 6.07) is 0. The molecule has 10 nitrogen and oxygen atoms in total. The molecule has 0 radical (unpaired) electrons. The van der Waals surface area contributed by atoms with E-state index >= 15 is 0 Å². The lowest BCUT2D eigenvalue weighted by Crippen LogP contribution is -2.15. The average Bonchev–Trinajstić information content (AvgIpc) is 2.60. The van der Waals surface area contributed by atoms with Crippen molar-refractivity contribution < 1.29 is 28.4 Å². The quantitative estimate of drug-likeness (QED) is 0.173. The minimum Gasteiger partial charge on any atom is -0.378 e. The van der Waals surface area contributed by atoms with Crippen molar-refractivity contribution in [3.63, 3.8) is 0 Å². The van der Waals surface area contributed by atoms with Gasteiger partial charge in [0.1, 0.15) is 17.2 Å². The Labute approximate surface area is 143 Å². The largest absolute Gasteiger partial charge is 0.378 e. The fraction of sp³-hybridized carbons (Fsp3) is 1.00. The van der Waals surface area contributed by atoms with Crippen LogP contribution in [-0.2, 0) is 28.4 Å². The Hall–Kier alpha value is -0.970. The normalized spacial score (nSPS) is 10.7. The van der Waals surface area contributed by atoms with Gasteiger partial charge in [0.2, 0.25) is 4.91 Å². The van der Waals surface area contributed by atoms with Crippen molar-refractivity contribution in [2.24, 2.45) is 10.8 Å². The molecule has 0 aromatic rings. The van der Waals surface area contributed by atoms with E-state index < -0.39 is 0 Å². The first-order chi connectivity index (χ1) is 11.9. The van der Waals surface area contributed by atoms with Crippen LogP contribution in [0.3, 0.4) is 0 Å². The lowest BCUT2D eigenvalue weighted by Gasteiger charge is -2.07. The van der Waals surface area contributed by atoms with Crippen molar-refractivity contribution >= 4 is 0 Å². The second-order valence-corrected chi connectivity index (χ2v) is 4.43. The fourth-order valence-electron chi connectivity index (χ4n) is 1.44. The van der Waals surface area contributed by atoms with Crippen LogP contribution in [0.4, 0.5) is 0 Å². The highest BCUT2D eigenvalue weighted by Gasteiger charge is 1.94. The molecule has 0 rings (SSSR count). The van der Waals surface area contributed by atoms with Gasteiger partial charge in [0.25, 0.3) is 0 Å². The lowest BCUT2D eigenvalue weighted by molar-refractivity contribution is -0.0160. The number of nitrogens with two attached hydrogens (primary N) is 1. The molecular formula is C14H31N4O6+. The zero-order valence-corrected chi connectivity index (χ0v) is 14.3. The molecule has 10 heteroatoms. The summed E-state index contributed by atoms with van der Waals surface area (Å²) in [6.07, 6.45) is 0. The summed E-state index contributed by atoms with van der Waals surface area (Å²) in [7, 11) is 0. The lowest BCUT2D eigenvalue weighted by atomic mass is 10.6. The molecule has 0 atom stereocenters. The minimum atomic E-state index is 0.402. The van der Waals surface area contributed by atoms with E-state index in [0.29, 0.717) is 92.4 Å². The van der Waals surface area contributed by atoms with Crippen LogP contribution in [0.2, 0.25) is 0 Å². The summed E-state index contributed by atoms with van der Waals surface area (Å²) in [6.45, 7) is 7.21. The number of hydrogen-bond donors (Lipinski definition) is 2. The molecular weight excluding hydrogens is 320 g/mol. The maximum atomic E-state index is 6.45. The van der Waals surface area contributed by atoms with E-state index in [9.17, 15) is 0 Å². The summed E-state index contributed by atoms with van der Waals surface area (Å²) in [4.78, 5) is 2.87. The van der Waals surface area contributed by atoms with Gasteiger partial charge < -0.3 is 34.2 Å². The van der Waals surface area contributed by atoms with Crippen LogP contribution >= 0.6 is 0 Å². The van der Waals surface area contributed by atoms with E-state index in [2.05, 4.69) is 10.0 Å². The van der Waals surface area contributed by atoms with Gasteiger partial charge in [0.05, 0.1) is 79.3 Å². The Bertz CT molecular complexity index is 292. The van der Waals surface area contributed by atoms with Crippen LogP contribution < -0.4 is 10.6 Å². The molecule has 0 bridgehead atoms. The minimum absolute atomic E-state index is 0.402. The maximum Gasteiger partial charge on any atom is 0.214 e. The highest BCUT2D eigenvalue weighted by Crippen LogP contribution is 1.84. The molecule has 3 N–H and O–H groups in total. The molecule has 0 aliphatic heterocycles. The zero-order valence-electron chi connectivity index (χ0n) is 14.3. The van der Waals surface area contributed by atoms with Gasteiger partial charge >= 0.3 is 0 Å². The first-order valence-corrected chi connectivity index (χ1v) is 8.11. The first-order valence-electron chi connectivity index (χ1n) is 8.11. The molecule has 0 unspecified atom stereocenters. The standard InChI is InChI=1S/C14H31N4O6/c15-1-3-19-5-7-21-9-11-23-13-14-24-12-10-22-8-6-20-4-2-17-18-16/h16H,1-15H2/q+1. The monoisotopic (exact) mass is 351 g/mol. The topological polar surface area (TPSA) is 132 Å². The van der Waals surface area contributed by atoms with Gasteiger partial charge in [-0.2, -0.15) is 0 Å². The average molecular weight is 351 g/mol. The molecule has 0 aliphatic carbocycles. The predicted octanol–water partition coefficient (Wildman–Crippen LogP) is -0.405. The molecule has 0 spiro atoms. The number of nitrogens with zero attached hydrogens (tertiary/aromatic N) is 2. The van der Waals surface area contributed by atoms with Gasteiger partial charge in [0.15, 0.2) is 0 Å². The summed E-state index contributed by atoms with van der Waals surface area (Å²) in [5.74, 6) is 0.